The molecule has 19 heavy (non-hydrogen) atoms. The fraction of sp³-hybridized carbons (Fsp3) is 0.455. The van der Waals surface area contributed by atoms with Gasteiger partial charge in [-0.25, -0.2) is 13.1 Å². The van der Waals surface area contributed by atoms with Gasteiger partial charge in [0.15, 0.2) is 0 Å². The number of aliphatic hydroxyl groups is 1. The van der Waals surface area contributed by atoms with Gasteiger partial charge in [-0.3, -0.25) is 0 Å². The van der Waals surface area contributed by atoms with E-state index < -0.39 is 10.0 Å². The number of likely N-dealkylation sites (N-methyl/N-ethyl adjacent to an activating group) is 1. The lowest BCUT2D eigenvalue weighted by Crippen LogP contribution is -2.31. The Bertz CT molecular complexity index is 547. The van der Waals surface area contributed by atoms with Gasteiger partial charge in [-0.15, -0.1) is 0 Å². The van der Waals surface area contributed by atoms with Crippen LogP contribution in [0.5, 0.6) is 0 Å². The fourth-order valence-corrected chi connectivity index (χ4v) is 3.26. The average molecular weight is 327 g/mol. The van der Waals surface area contributed by atoms with Gasteiger partial charge in [0.1, 0.15) is 4.90 Å². The van der Waals surface area contributed by atoms with Crippen molar-refractivity contribution in [1.82, 2.24) is 9.62 Å². The van der Waals surface area contributed by atoms with E-state index in [2.05, 4.69) is 4.72 Å². The molecule has 0 unspecified atom stereocenters. The van der Waals surface area contributed by atoms with Gasteiger partial charge in [0, 0.05) is 18.1 Å². The van der Waals surface area contributed by atoms with Crippen molar-refractivity contribution in [1.29, 1.82) is 0 Å². The minimum absolute atomic E-state index is 0.0274. The molecule has 0 aliphatic heterocycles. The zero-order chi connectivity index (χ0) is 14.6. The van der Waals surface area contributed by atoms with E-state index in [0.29, 0.717) is 12.1 Å². The summed E-state index contributed by atoms with van der Waals surface area (Å²) in [5, 5.41) is 9.36. The summed E-state index contributed by atoms with van der Waals surface area (Å²) in [6.45, 7) is 0.482. The smallest absolute Gasteiger partial charge is 0.242 e. The van der Waals surface area contributed by atoms with Gasteiger partial charge in [-0.2, -0.15) is 0 Å². The van der Waals surface area contributed by atoms with E-state index in [4.69, 9.17) is 28.3 Å². The van der Waals surface area contributed by atoms with Crippen molar-refractivity contribution in [2.45, 2.75) is 11.5 Å². The number of benzene rings is 1. The van der Waals surface area contributed by atoms with Crippen molar-refractivity contribution in [2.75, 3.05) is 27.2 Å². The van der Waals surface area contributed by atoms with E-state index in [1.54, 1.807) is 0 Å². The minimum Gasteiger partial charge on any atom is -0.392 e. The van der Waals surface area contributed by atoms with Crippen LogP contribution < -0.4 is 4.72 Å². The molecule has 1 aromatic rings. The molecule has 5 nitrogen and oxygen atoms in total. The van der Waals surface area contributed by atoms with Gasteiger partial charge in [0.2, 0.25) is 10.0 Å². The Morgan fingerprint density at radius 2 is 1.89 bits per heavy atom. The van der Waals surface area contributed by atoms with Gasteiger partial charge in [0.25, 0.3) is 0 Å². The van der Waals surface area contributed by atoms with Gasteiger partial charge >= 0.3 is 0 Å². The van der Waals surface area contributed by atoms with Crippen LogP contribution in [0.15, 0.2) is 17.0 Å². The molecular weight excluding hydrogens is 311 g/mol. The first kappa shape index (κ1) is 16.7. The van der Waals surface area contributed by atoms with E-state index in [0.717, 1.165) is 0 Å². The van der Waals surface area contributed by atoms with Crippen molar-refractivity contribution in [3.05, 3.63) is 27.7 Å². The summed E-state index contributed by atoms with van der Waals surface area (Å²) in [4.78, 5) is 1.77. The Morgan fingerprint density at radius 1 is 1.26 bits per heavy atom. The van der Waals surface area contributed by atoms with Crippen LogP contribution in [-0.2, 0) is 16.6 Å². The lowest BCUT2D eigenvalue weighted by Gasteiger charge is -2.13. The maximum absolute atomic E-state index is 12.1. The SMILES string of the molecule is CN(C)CCNS(=O)(=O)c1cc(CO)c(Cl)cc1Cl. The normalized spacial score (nSPS) is 12.1. The molecule has 0 amide bonds. The van der Waals surface area contributed by atoms with Crippen molar-refractivity contribution >= 4 is 33.2 Å². The second-order valence-electron chi connectivity index (χ2n) is 4.23. The predicted molar refractivity (Wildman–Crippen MR) is 76.1 cm³/mol. The highest BCUT2D eigenvalue weighted by Gasteiger charge is 2.19. The number of hydrogen-bond acceptors (Lipinski definition) is 4. The number of rotatable bonds is 6. The lowest BCUT2D eigenvalue weighted by molar-refractivity contribution is 0.281. The monoisotopic (exact) mass is 326 g/mol. The molecule has 0 radical (unpaired) electrons. The number of nitrogens with one attached hydrogen (secondary N) is 1. The molecule has 0 aromatic heterocycles. The molecule has 1 rings (SSSR count). The van der Waals surface area contributed by atoms with Crippen LogP contribution in [0, 0.1) is 0 Å². The van der Waals surface area contributed by atoms with Gasteiger partial charge in [-0.05, 0) is 31.8 Å². The minimum atomic E-state index is -3.71. The van der Waals surface area contributed by atoms with Crippen LogP contribution in [0.3, 0.4) is 0 Å². The van der Waals surface area contributed by atoms with Crippen molar-refractivity contribution < 1.29 is 13.5 Å². The number of hydrogen-bond donors (Lipinski definition) is 2. The summed E-state index contributed by atoms with van der Waals surface area (Å²) >= 11 is 11.7. The first-order chi connectivity index (χ1) is 8.77. The van der Waals surface area contributed by atoms with E-state index in [9.17, 15) is 8.42 Å². The molecule has 108 valence electrons. The molecule has 8 heteroatoms. The standard InChI is InChI=1S/C11H16Cl2N2O3S/c1-15(2)4-3-14-19(17,18)11-5-8(7-16)9(12)6-10(11)13/h5-6,14,16H,3-4,7H2,1-2H3. The fourth-order valence-electron chi connectivity index (χ4n) is 1.38. The zero-order valence-electron chi connectivity index (χ0n) is 10.7. The van der Waals surface area contributed by atoms with E-state index in [1.165, 1.54) is 12.1 Å². The third-order valence-electron chi connectivity index (χ3n) is 2.41. The number of sulfonamides is 1. The summed E-state index contributed by atoms with van der Waals surface area (Å²) in [7, 11) is -0.0329. The second-order valence-corrected chi connectivity index (χ2v) is 6.78. The van der Waals surface area contributed by atoms with Gasteiger partial charge < -0.3 is 10.0 Å². The molecule has 2 N–H and O–H groups in total. The van der Waals surface area contributed by atoms with Crippen LogP contribution in [0.2, 0.25) is 10.0 Å². The molecular formula is C11H16Cl2N2O3S. The summed E-state index contributed by atoms with van der Waals surface area (Å²) in [5.74, 6) is 0. The molecule has 1 aromatic carbocycles. The van der Waals surface area contributed by atoms with Crippen LogP contribution in [0.1, 0.15) is 5.56 Å². The maximum atomic E-state index is 12.1. The highest BCUT2D eigenvalue weighted by atomic mass is 35.5. The van der Waals surface area contributed by atoms with Crippen molar-refractivity contribution in [3.63, 3.8) is 0 Å². The Hall–Kier alpha value is -0.370. The molecule has 0 atom stereocenters. The van der Waals surface area contributed by atoms with Crippen LogP contribution in [0.25, 0.3) is 0 Å². The van der Waals surface area contributed by atoms with E-state index >= 15 is 0 Å². The Kier molecular flexibility index (Phi) is 6.04. The number of aliphatic hydroxyl groups excluding tert-OH is 1. The first-order valence-corrected chi connectivity index (χ1v) is 7.75. The molecule has 0 fully saturated rings. The molecule has 0 saturated carbocycles. The van der Waals surface area contributed by atoms with Crippen LogP contribution in [0.4, 0.5) is 0 Å². The summed E-state index contributed by atoms with van der Waals surface area (Å²) < 4.78 is 26.6. The summed E-state index contributed by atoms with van der Waals surface area (Å²) in [6.07, 6.45) is 0. The maximum Gasteiger partial charge on any atom is 0.242 e. The highest BCUT2D eigenvalue weighted by molar-refractivity contribution is 7.89. The zero-order valence-corrected chi connectivity index (χ0v) is 13.0. The lowest BCUT2D eigenvalue weighted by atomic mass is 10.2. The van der Waals surface area contributed by atoms with Crippen molar-refractivity contribution in [3.8, 4) is 0 Å². The van der Waals surface area contributed by atoms with Crippen LogP contribution in [-0.4, -0.2) is 45.6 Å². The van der Waals surface area contributed by atoms with Crippen molar-refractivity contribution in [2.24, 2.45) is 0 Å². The van der Waals surface area contributed by atoms with Gasteiger partial charge in [-0.1, -0.05) is 23.2 Å². The Morgan fingerprint density at radius 3 is 2.42 bits per heavy atom. The molecule has 0 heterocycles. The summed E-state index contributed by atoms with van der Waals surface area (Å²) in [5.41, 5.74) is 0.319. The average Bonchev–Trinajstić information content (AvgIpc) is 2.27. The second kappa shape index (κ2) is 6.88. The Labute approximate surface area is 123 Å². The quantitative estimate of drug-likeness (QED) is 0.827. The summed E-state index contributed by atoms with van der Waals surface area (Å²) in [6, 6.07) is 2.60. The topological polar surface area (TPSA) is 69.6 Å². The number of halogens is 2. The van der Waals surface area contributed by atoms with Gasteiger partial charge in [0.05, 0.1) is 11.6 Å². The predicted octanol–water partition coefficient (Wildman–Crippen LogP) is 1.33. The molecule has 0 bridgehead atoms. The molecule has 0 spiro atoms. The molecule has 0 aliphatic carbocycles. The molecule has 0 saturated heterocycles. The Balaban J connectivity index is 3.01. The first-order valence-electron chi connectivity index (χ1n) is 5.51. The highest BCUT2D eigenvalue weighted by Crippen LogP contribution is 2.28. The third kappa shape index (κ3) is 4.59. The van der Waals surface area contributed by atoms with E-state index in [1.807, 2.05) is 19.0 Å². The van der Waals surface area contributed by atoms with Crippen LogP contribution >= 0.6 is 23.2 Å². The van der Waals surface area contributed by atoms with E-state index in [-0.39, 0.29) is 28.1 Å². The number of nitrogens with zero attached hydrogens (tertiary/aromatic N) is 1. The molecule has 0 aliphatic rings. The largest absolute Gasteiger partial charge is 0.392 e. The third-order valence-corrected chi connectivity index (χ3v) is 4.69.